The van der Waals surface area contributed by atoms with Gasteiger partial charge in [-0.2, -0.15) is 0 Å². The van der Waals surface area contributed by atoms with Crippen molar-refractivity contribution >= 4 is 21.8 Å². The lowest BCUT2D eigenvalue weighted by molar-refractivity contribution is 0.0944. The first kappa shape index (κ1) is 13.2. The van der Waals surface area contributed by atoms with Gasteiger partial charge in [-0.15, -0.1) is 0 Å². The summed E-state index contributed by atoms with van der Waals surface area (Å²) in [7, 11) is 1.52. The van der Waals surface area contributed by atoms with E-state index < -0.39 is 0 Å². The van der Waals surface area contributed by atoms with Gasteiger partial charge >= 0.3 is 0 Å². The minimum Gasteiger partial charge on any atom is -0.507 e. The lowest BCUT2D eigenvalue weighted by atomic mass is 10.1. The molecule has 0 radical (unpaired) electrons. The molecule has 1 aliphatic rings. The summed E-state index contributed by atoms with van der Waals surface area (Å²) in [5, 5.41) is 13.5. The van der Waals surface area contributed by atoms with Gasteiger partial charge in [0, 0.05) is 17.9 Å². The van der Waals surface area contributed by atoms with Crippen LogP contribution < -0.4 is 10.1 Å². The molecule has 0 spiro atoms. The Morgan fingerprint density at radius 2 is 2.28 bits per heavy atom. The molecule has 5 heteroatoms. The predicted octanol–water partition coefficient (Wildman–Crippen LogP) is 2.31. The standard InChI is InChI=1S/C13H16BrNO3/c1-18-9-2-3-10(11(16)6-9)12(17)15-8-13(7-14)4-5-13/h2-3,6,16H,4-5,7-8H2,1H3,(H,15,17). The third-order valence-electron chi connectivity index (χ3n) is 3.31. The molecular formula is C13H16BrNO3. The summed E-state index contributed by atoms with van der Waals surface area (Å²) >= 11 is 3.46. The number of ether oxygens (including phenoxy) is 1. The Balaban J connectivity index is 2.00. The van der Waals surface area contributed by atoms with Crippen LogP contribution in [0.5, 0.6) is 11.5 Å². The monoisotopic (exact) mass is 313 g/mol. The van der Waals surface area contributed by atoms with Crippen molar-refractivity contribution < 1.29 is 14.6 Å². The number of phenolic OH excluding ortho intramolecular Hbond substituents is 1. The molecule has 1 saturated carbocycles. The van der Waals surface area contributed by atoms with Crippen LogP contribution in [0.25, 0.3) is 0 Å². The van der Waals surface area contributed by atoms with Crippen molar-refractivity contribution in [3.8, 4) is 11.5 Å². The zero-order valence-electron chi connectivity index (χ0n) is 10.2. The highest BCUT2D eigenvalue weighted by molar-refractivity contribution is 9.09. The summed E-state index contributed by atoms with van der Waals surface area (Å²) in [5.41, 5.74) is 0.499. The number of carbonyl (C=O) groups is 1. The highest BCUT2D eigenvalue weighted by Crippen LogP contribution is 2.46. The number of rotatable bonds is 5. The molecule has 1 aliphatic carbocycles. The summed E-state index contributed by atoms with van der Waals surface area (Å²) in [4.78, 5) is 11.9. The van der Waals surface area contributed by atoms with Crippen LogP contribution in [0, 0.1) is 5.41 Å². The second-order valence-electron chi connectivity index (χ2n) is 4.70. The maximum absolute atomic E-state index is 11.9. The van der Waals surface area contributed by atoms with E-state index in [4.69, 9.17) is 4.74 Å². The van der Waals surface area contributed by atoms with E-state index in [9.17, 15) is 9.90 Å². The molecule has 2 N–H and O–H groups in total. The van der Waals surface area contributed by atoms with Crippen LogP contribution in [0.15, 0.2) is 18.2 Å². The van der Waals surface area contributed by atoms with Crippen LogP contribution in [0.1, 0.15) is 23.2 Å². The van der Waals surface area contributed by atoms with Crippen LogP contribution in [0.3, 0.4) is 0 Å². The normalized spacial score (nSPS) is 16.1. The van der Waals surface area contributed by atoms with E-state index >= 15 is 0 Å². The van der Waals surface area contributed by atoms with Gasteiger partial charge in [0.25, 0.3) is 5.91 Å². The van der Waals surface area contributed by atoms with Gasteiger partial charge < -0.3 is 15.2 Å². The van der Waals surface area contributed by atoms with Crippen LogP contribution in [-0.4, -0.2) is 30.0 Å². The molecule has 4 nitrogen and oxygen atoms in total. The Labute approximate surface area is 114 Å². The summed E-state index contributed by atoms with van der Waals surface area (Å²) in [5.74, 6) is 0.223. The summed E-state index contributed by atoms with van der Waals surface area (Å²) in [6, 6.07) is 4.66. The van der Waals surface area contributed by atoms with Gasteiger partial charge in [-0.1, -0.05) is 15.9 Å². The number of methoxy groups -OCH3 is 1. The fourth-order valence-electron chi connectivity index (χ4n) is 1.73. The Bertz CT molecular complexity index is 458. The Kier molecular flexibility index (Phi) is 3.80. The number of hydrogen-bond donors (Lipinski definition) is 2. The molecule has 0 aromatic heterocycles. The number of carbonyl (C=O) groups excluding carboxylic acids is 1. The summed E-state index contributed by atoms with van der Waals surface area (Å²) in [6.45, 7) is 0.641. The topological polar surface area (TPSA) is 58.6 Å². The zero-order chi connectivity index (χ0) is 13.2. The quantitative estimate of drug-likeness (QED) is 0.820. The molecule has 0 heterocycles. The van der Waals surface area contributed by atoms with Crippen molar-refractivity contribution in [3.63, 3.8) is 0 Å². The van der Waals surface area contributed by atoms with Crippen molar-refractivity contribution in [2.24, 2.45) is 5.41 Å². The lowest BCUT2D eigenvalue weighted by Crippen LogP contribution is -2.30. The minimum absolute atomic E-state index is 0.0597. The number of amides is 1. The molecule has 0 unspecified atom stereocenters. The van der Waals surface area contributed by atoms with Crippen molar-refractivity contribution in [1.29, 1.82) is 0 Å². The number of benzene rings is 1. The molecule has 1 fully saturated rings. The van der Waals surface area contributed by atoms with Gasteiger partial charge in [-0.25, -0.2) is 0 Å². The Hall–Kier alpha value is -1.23. The Morgan fingerprint density at radius 1 is 1.56 bits per heavy atom. The second-order valence-corrected chi connectivity index (χ2v) is 5.26. The van der Waals surface area contributed by atoms with E-state index in [0.717, 1.165) is 18.2 Å². The van der Waals surface area contributed by atoms with E-state index in [2.05, 4.69) is 21.2 Å². The number of nitrogens with one attached hydrogen (secondary N) is 1. The molecule has 0 bridgehead atoms. The number of alkyl halides is 1. The van der Waals surface area contributed by atoms with Gasteiger partial charge in [0.15, 0.2) is 0 Å². The molecule has 0 aliphatic heterocycles. The predicted molar refractivity (Wildman–Crippen MR) is 72.5 cm³/mol. The summed E-state index contributed by atoms with van der Waals surface area (Å²) < 4.78 is 4.97. The first-order valence-electron chi connectivity index (χ1n) is 5.81. The summed E-state index contributed by atoms with van der Waals surface area (Å²) in [6.07, 6.45) is 2.26. The maximum Gasteiger partial charge on any atom is 0.255 e. The van der Waals surface area contributed by atoms with E-state index in [1.165, 1.54) is 13.2 Å². The van der Waals surface area contributed by atoms with Gasteiger partial charge in [-0.3, -0.25) is 4.79 Å². The van der Waals surface area contributed by atoms with Crippen LogP contribution in [0.4, 0.5) is 0 Å². The Morgan fingerprint density at radius 3 is 2.78 bits per heavy atom. The largest absolute Gasteiger partial charge is 0.507 e. The fraction of sp³-hybridized carbons (Fsp3) is 0.462. The number of phenols is 1. The van der Waals surface area contributed by atoms with Crippen molar-refractivity contribution in [2.45, 2.75) is 12.8 Å². The smallest absolute Gasteiger partial charge is 0.255 e. The average molecular weight is 314 g/mol. The molecule has 0 saturated heterocycles. The van der Waals surface area contributed by atoms with Gasteiger partial charge in [-0.05, 0) is 30.4 Å². The third-order valence-corrected chi connectivity index (χ3v) is 4.50. The molecular weight excluding hydrogens is 298 g/mol. The maximum atomic E-state index is 11.9. The number of aromatic hydroxyl groups is 1. The van der Waals surface area contributed by atoms with E-state index in [0.29, 0.717) is 12.3 Å². The lowest BCUT2D eigenvalue weighted by Gasteiger charge is -2.13. The first-order chi connectivity index (χ1) is 8.60. The van der Waals surface area contributed by atoms with Crippen LogP contribution in [-0.2, 0) is 0 Å². The van der Waals surface area contributed by atoms with E-state index in [1.54, 1.807) is 12.1 Å². The third kappa shape index (κ3) is 2.77. The molecule has 1 aromatic carbocycles. The van der Waals surface area contributed by atoms with E-state index in [1.807, 2.05) is 0 Å². The van der Waals surface area contributed by atoms with Crippen molar-refractivity contribution in [3.05, 3.63) is 23.8 Å². The van der Waals surface area contributed by atoms with Crippen molar-refractivity contribution in [1.82, 2.24) is 5.32 Å². The zero-order valence-corrected chi connectivity index (χ0v) is 11.8. The molecule has 2 rings (SSSR count). The molecule has 98 valence electrons. The number of halogens is 1. The average Bonchev–Trinajstić information content (AvgIpc) is 3.16. The van der Waals surface area contributed by atoms with Crippen LogP contribution in [0.2, 0.25) is 0 Å². The molecule has 1 aromatic rings. The second kappa shape index (κ2) is 5.18. The number of hydrogen-bond acceptors (Lipinski definition) is 3. The van der Waals surface area contributed by atoms with Gasteiger partial charge in [0.2, 0.25) is 0 Å². The SMILES string of the molecule is COc1ccc(C(=O)NCC2(CBr)CC2)c(O)c1. The molecule has 1 amide bonds. The fourth-order valence-corrected chi connectivity index (χ4v) is 2.49. The van der Waals surface area contributed by atoms with Crippen molar-refractivity contribution in [2.75, 3.05) is 19.0 Å². The van der Waals surface area contributed by atoms with Gasteiger partial charge in [0.05, 0.1) is 12.7 Å². The minimum atomic E-state index is -0.248. The highest BCUT2D eigenvalue weighted by Gasteiger charge is 2.41. The highest BCUT2D eigenvalue weighted by atomic mass is 79.9. The molecule has 18 heavy (non-hydrogen) atoms. The van der Waals surface area contributed by atoms with Crippen LogP contribution >= 0.6 is 15.9 Å². The molecule has 0 atom stereocenters. The first-order valence-corrected chi connectivity index (χ1v) is 6.93. The van der Waals surface area contributed by atoms with E-state index in [-0.39, 0.29) is 22.6 Å². The van der Waals surface area contributed by atoms with Gasteiger partial charge in [0.1, 0.15) is 11.5 Å².